The lowest BCUT2D eigenvalue weighted by Gasteiger charge is -2.12. The zero-order valence-corrected chi connectivity index (χ0v) is 16.9. The lowest BCUT2D eigenvalue weighted by atomic mass is 10.2. The number of fused-ring (bicyclic) bond motifs is 1. The molecule has 2 heterocycles. The maximum atomic E-state index is 12.2. The second-order valence-corrected chi connectivity index (χ2v) is 6.93. The molecular weight excluding hydrogens is 394 g/mol. The van der Waals surface area contributed by atoms with Gasteiger partial charge in [0.25, 0.3) is 11.5 Å². The Morgan fingerprint density at radius 2 is 1.81 bits per heavy atom. The minimum Gasteiger partial charge on any atom is -0.487 e. The van der Waals surface area contributed by atoms with Crippen LogP contribution in [0.4, 0.5) is 5.69 Å². The molecule has 0 saturated heterocycles. The number of ether oxygens (including phenoxy) is 2. The number of anilines is 1. The Balaban J connectivity index is 1.41. The number of hydrogen-bond donors (Lipinski definition) is 1. The van der Waals surface area contributed by atoms with Crippen molar-refractivity contribution in [1.29, 1.82) is 0 Å². The summed E-state index contributed by atoms with van der Waals surface area (Å²) in [5, 5.41) is 2.80. The fraction of sp³-hybridized carbons (Fsp3) is 0.125. The SMILES string of the molecule is Cc1ccc(NC(=O)COc2ccccc2)cc1OCc1cc(=O)n2ccccc2n1. The van der Waals surface area contributed by atoms with Crippen LogP contribution in [0.15, 0.2) is 83.8 Å². The molecule has 0 aliphatic heterocycles. The molecule has 7 heteroatoms. The molecule has 0 spiro atoms. The highest BCUT2D eigenvalue weighted by Crippen LogP contribution is 2.23. The maximum Gasteiger partial charge on any atom is 0.262 e. The van der Waals surface area contributed by atoms with Crippen LogP contribution in [-0.4, -0.2) is 21.9 Å². The summed E-state index contributed by atoms with van der Waals surface area (Å²) in [6.07, 6.45) is 1.67. The number of amides is 1. The third-order valence-corrected chi connectivity index (χ3v) is 4.58. The molecule has 156 valence electrons. The van der Waals surface area contributed by atoms with E-state index < -0.39 is 0 Å². The summed E-state index contributed by atoms with van der Waals surface area (Å²) in [5.74, 6) is 0.948. The fourth-order valence-corrected chi connectivity index (χ4v) is 3.02. The minimum absolute atomic E-state index is 0.0982. The van der Waals surface area contributed by atoms with Gasteiger partial charge in [-0.15, -0.1) is 0 Å². The van der Waals surface area contributed by atoms with E-state index >= 15 is 0 Å². The van der Waals surface area contributed by atoms with Crippen molar-refractivity contribution in [2.75, 3.05) is 11.9 Å². The Morgan fingerprint density at radius 1 is 1.00 bits per heavy atom. The van der Waals surface area contributed by atoms with Gasteiger partial charge in [-0.05, 0) is 42.8 Å². The predicted octanol–water partition coefficient (Wildman–Crippen LogP) is 3.60. The first-order valence-corrected chi connectivity index (χ1v) is 9.77. The summed E-state index contributed by atoms with van der Waals surface area (Å²) in [6.45, 7) is 1.94. The zero-order chi connectivity index (χ0) is 21.6. The average molecular weight is 415 g/mol. The van der Waals surface area contributed by atoms with E-state index in [1.807, 2.05) is 37.3 Å². The van der Waals surface area contributed by atoms with E-state index in [-0.39, 0.29) is 24.7 Å². The number of carbonyl (C=O) groups excluding carboxylic acids is 1. The van der Waals surface area contributed by atoms with Gasteiger partial charge in [0, 0.05) is 24.0 Å². The molecule has 2 aromatic heterocycles. The summed E-state index contributed by atoms with van der Waals surface area (Å²) in [6, 6.07) is 21.4. The van der Waals surface area contributed by atoms with Crippen LogP contribution in [0, 0.1) is 6.92 Å². The number of aryl methyl sites for hydroxylation is 1. The van der Waals surface area contributed by atoms with Crippen molar-refractivity contribution in [3.8, 4) is 11.5 Å². The van der Waals surface area contributed by atoms with Gasteiger partial charge in [-0.1, -0.05) is 30.3 Å². The van der Waals surface area contributed by atoms with Crippen LogP contribution in [0.1, 0.15) is 11.3 Å². The summed E-state index contributed by atoms with van der Waals surface area (Å²) in [4.78, 5) is 28.9. The van der Waals surface area contributed by atoms with Gasteiger partial charge >= 0.3 is 0 Å². The fourth-order valence-electron chi connectivity index (χ4n) is 3.02. The highest BCUT2D eigenvalue weighted by Gasteiger charge is 2.08. The van der Waals surface area contributed by atoms with Gasteiger partial charge in [0.1, 0.15) is 23.8 Å². The molecular formula is C24H21N3O4. The van der Waals surface area contributed by atoms with Crippen molar-refractivity contribution in [1.82, 2.24) is 9.38 Å². The second-order valence-electron chi connectivity index (χ2n) is 6.93. The van der Waals surface area contributed by atoms with Crippen molar-refractivity contribution >= 4 is 17.2 Å². The third-order valence-electron chi connectivity index (χ3n) is 4.58. The summed E-state index contributed by atoms with van der Waals surface area (Å²) in [7, 11) is 0. The van der Waals surface area contributed by atoms with Crippen molar-refractivity contribution in [2.24, 2.45) is 0 Å². The first kappa shape index (κ1) is 20.2. The Kier molecular flexibility index (Phi) is 5.93. The highest BCUT2D eigenvalue weighted by atomic mass is 16.5. The number of benzene rings is 2. The van der Waals surface area contributed by atoms with E-state index in [0.717, 1.165) is 5.56 Å². The van der Waals surface area contributed by atoms with E-state index in [1.165, 1.54) is 10.5 Å². The number of nitrogens with one attached hydrogen (secondary N) is 1. The van der Waals surface area contributed by atoms with Crippen LogP contribution < -0.4 is 20.3 Å². The summed E-state index contributed by atoms with van der Waals surface area (Å²) < 4.78 is 12.8. The van der Waals surface area contributed by atoms with Crippen LogP contribution in [-0.2, 0) is 11.4 Å². The summed E-state index contributed by atoms with van der Waals surface area (Å²) in [5.41, 5.74) is 2.41. The van der Waals surface area contributed by atoms with Crippen LogP contribution in [0.5, 0.6) is 11.5 Å². The standard InChI is InChI=1S/C24H21N3O4/c1-17-10-11-18(26-23(28)16-30-20-7-3-2-4-8-20)13-21(17)31-15-19-14-24(29)27-12-6-5-9-22(27)25-19/h2-14H,15-16H2,1H3,(H,26,28). The molecule has 31 heavy (non-hydrogen) atoms. The number of rotatable bonds is 7. The normalized spacial score (nSPS) is 10.6. The average Bonchev–Trinajstić information content (AvgIpc) is 2.79. The molecule has 0 bridgehead atoms. The molecule has 7 nitrogen and oxygen atoms in total. The van der Waals surface area contributed by atoms with E-state index in [9.17, 15) is 9.59 Å². The van der Waals surface area contributed by atoms with E-state index in [0.29, 0.717) is 28.5 Å². The van der Waals surface area contributed by atoms with Crippen molar-refractivity contribution < 1.29 is 14.3 Å². The number of pyridine rings is 1. The van der Waals surface area contributed by atoms with E-state index in [4.69, 9.17) is 9.47 Å². The van der Waals surface area contributed by atoms with E-state index in [1.54, 1.807) is 42.6 Å². The number of carbonyl (C=O) groups is 1. The van der Waals surface area contributed by atoms with Crippen molar-refractivity contribution in [3.63, 3.8) is 0 Å². The molecule has 0 aliphatic carbocycles. The van der Waals surface area contributed by atoms with Gasteiger partial charge in [-0.2, -0.15) is 0 Å². The Labute approximate surface area is 178 Å². The molecule has 1 N–H and O–H groups in total. The molecule has 0 aliphatic rings. The Morgan fingerprint density at radius 3 is 2.65 bits per heavy atom. The van der Waals surface area contributed by atoms with Gasteiger partial charge in [0.15, 0.2) is 6.61 Å². The van der Waals surface area contributed by atoms with Gasteiger partial charge in [-0.25, -0.2) is 4.98 Å². The molecule has 0 radical (unpaired) electrons. The van der Waals surface area contributed by atoms with Crippen LogP contribution in [0.3, 0.4) is 0 Å². The van der Waals surface area contributed by atoms with Crippen molar-refractivity contribution in [2.45, 2.75) is 13.5 Å². The van der Waals surface area contributed by atoms with E-state index in [2.05, 4.69) is 10.3 Å². The largest absolute Gasteiger partial charge is 0.487 e. The third kappa shape index (κ3) is 5.08. The summed E-state index contributed by atoms with van der Waals surface area (Å²) >= 11 is 0. The smallest absolute Gasteiger partial charge is 0.262 e. The predicted molar refractivity (Wildman–Crippen MR) is 118 cm³/mol. The molecule has 1 amide bonds. The zero-order valence-electron chi connectivity index (χ0n) is 16.9. The topological polar surface area (TPSA) is 81.9 Å². The van der Waals surface area contributed by atoms with Crippen LogP contribution >= 0.6 is 0 Å². The highest BCUT2D eigenvalue weighted by molar-refractivity contribution is 5.92. The lowest BCUT2D eigenvalue weighted by molar-refractivity contribution is -0.118. The van der Waals surface area contributed by atoms with Gasteiger partial charge < -0.3 is 14.8 Å². The monoisotopic (exact) mass is 415 g/mol. The lowest BCUT2D eigenvalue weighted by Crippen LogP contribution is -2.20. The molecule has 0 atom stereocenters. The number of hydrogen-bond acceptors (Lipinski definition) is 5. The molecule has 4 rings (SSSR count). The van der Waals surface area contributed by atoms with Gasteiger partial charge in [0.05, 0.1) is 5.69 Å². The Bertz CT molecular complexity index is 1270. The Hall–Kier alpha value is -4.13. The molecule has 4 aromatic rings. The number of nitrogens with zero attached hydrogens (tertiary/aromatic N) is 2. The molecule has 0 unspecified atom stereocenters. The number of aromatic nitrogens is 2. The van der Waals surface area contributed by atoms with Crippen LogP contribution in [0.25, 0.3) is 5.65 Å². The first-order valence-electron chi connectivity index (χ1n) is 9.77. The van der Waals surface area contributed by atoms with Gasteiger partial charge in [-0.3, -0.25) is 14.0 Å². The van der Waals surface area contributed by atoms with Gasteiger partial charge in [0.2, 0.25) is 0 Å². The molecule has 0 saturated carbocycles. The molecule has 2 aromatic carbocycles. The molecule has 0 fully saturated rings. The second kappa shape index (κ2) is 9.13. The van der Waals surface area contributed by atoms with Crippen LogP contribution in [0.2, 0.25) is 0 Å². The minimum atomic E-state index is -0.275. The first-order chi connectivity index (χ1) is 15.1. The quantitative estimate of drug-likeness (QED) is 0.499. The van der Waals surface area contributed by atoms with Crippen molar-refractivity contribution in [3.05, 3.63) is 101 Å². The number of para-hydroxylation sites is 1. The maximum absolute atomic E-state index is 12.2.